The number of hydrogen-bond donors (Lipinski definition) is 4. The number of carboxylic acid groups (broad SMARTS) is 1. The van der Waals surface area contributed by atoms with Gasteiger partial charge in [0.05, 0.1) is 19.6 Å². The van der Waals surface area contributed by atoms with E-state index in [1.807, 2.05) is 56.3 Å². The predicted molar refractivity (Wildman–Crippen MR) is 124 cm³/mol. The fourth-order valence-corrected chi connectivity index (χ4v) is 3.63. The van der Waals surface area contributed by atoms with E-state index in [4.69, 9.17) is 4.74 Å². The van der Waals surface area contributed by atoms with Crippen LogP contribution in [-0.2, 0) is 31.0 Å². The highest BCUT2D eigenvalue weighted by Gasteiger charge is 2.29. The smallest absolute Gasteiger partial charge is 0.328 e. The number of carbonyl (C=O) groups excluding carboxylic acids is 2. The molecule has 0 bridgehead atoms. The Labute approximate surface area is 194 Å². The van der Waals surface area contributed by atoms with Crippen molar-refractivity contribution in [2.45, 2.75) is 50.6 Å². The minimum Gasteiger partial charge on any atom is -0.508 e. The van der Waals surface area contributed by atoms with Gasteiger partial charge in [-0.3, -0.25) is 9.59 Å². The second-order valence-electron chi connectivity index (χ2n) is 8.53. The summed E-state index contributed by atoms with van der Waals surface area (Å²) in [5.41, 5.74) is 1.18. The van der Waals surface area contributed by atoms with Crippen molar-refractivity contribution < 1.29 is 29.3 Å². The number of rotatable bonds is 12. The zero-order chi connectivity index (χ0) is 24.4. The Morgan fingerprint density at radius 2 is 1.64 bits per heavy atom. The average Bonchev–Trinajstić information content (AvgIpc) is 2.77. The Balaban J connectivity index is 2.06. The van der Waals surface area contributed by atoms with E-state index in [1.165, 1.54) is 7.11 Å². The molecule has 2 aromatic carbocycles. The van der Waals surface area contributed by atoms with Crippen LogP contribution in [0.4, 0.5) is 0 Å². The number of benzene rings is 2. The monoisotopic (exact) mass is 456 g/mol. The lowest BCUT2D eigenvalue weighted by Crippen LogP contribution is -2.52. The molecule has 4 N–H and O–H groups in total. The summed E-state index contributed by atoms with van der Waals surface area (Å²) in [6.45, 7) is 4.25. The number of amides is 1. The molecule has 33 heavy (non-hydrogen) atoms. The summed E-state index contributed by atoms with van der Waals surface area (Å²) in [5.74, 6) is -2.16. The van der Waals surface area contributed by atoms with Gasteiger partial charge in [-0.25, -0.2) is 4.79 Å². The standard InChI is InChI=1S/C25H32N2O6/c1-25(2,18-11-7-8-12-21(18)28)13-14-26-19(16-22(29)30)23(31)27-20(24(32)33-3)15-17-9-5-4-6-10-17/h4-12,19-20,26,28H,13-16H2,1-3H3,(H,27,31)(H,29,30)/t19-,20-/m0/s1. The molecule has 0 heterocycles. The Hall–Kier alpha value is -3.39. The molecule has 0 saturated heterocycles. The molecule has 178 valence electrons. The number of methoxy groups -OCH3 is 1. The van der Waals surface area contributed by atoms with Crippen molar-refractivity contribution in [3.8, 4) is 5.75 Å². The van der Waals surface area contributed by atoms with E-state index in [2.05, 4.69) is 10.6 Å². The maximum atomic E-state index is 12.9. The summed E-state index contributed by atoms with van der Waals surface area (Å²) in [5, 5.41) is 25.1. The molecule has 0 aliphatic heterocycles. The number of aliphatic carboxylic acids is 1. The van der Waals surface area contributed by atoms with Gasteiger partial charge in [0.2, 0.25) is 5.91 Å². The van der Waals surface area contributed by atoms with Crippen LogP contribution in [0.2, 0.25) is 0 Å². The largest absolute Gasteiger partial charge is 0.508 e. The van der Waals surface area contributed by atoms with Crippen molar-refractivity contribution in [1.29, 1.82) is 0 Å². The third-order valence-corrected chi connectivity index (χ3v) is 5.55. The number of hydrogen-bond acceptors (Lipinski definition) is 6. The summed E-state index contributed by atoms with van der Waals surface area (Å²) < 4.78 is 4.82. The second-order valence-corrected chi connectivity index (χ2v) is 8.53. The number of ether oxygens (including phenoxy) is 1. The minimum absolute atomic E-state index is 0.184. The Kier molecular flexibility index (Phi) is 9.42. The third kappa shape index (κ3) is 7.91. The third-order valence-electron chi connectivity index (χ3n) is 5.55. The van der Waals surface area contributed by atoms with E-state index in [-0.39, 0.29) is 12.2 Å². The van der Waals surface area contributed by atoms with Crippen LogP contribution in [0.5, 0.6) is 5.75 Å². The van der Waals surface area contributed by atoms with Gasteiger partial charge >= 0.3 is 11.9 Å². The molecular weight excluding hydrogens is 424 g/mol. The fraction of sp³-hybridized carbons (Fsp3) is 0.400. The molecule has 0 fully saturated rings. The molecule has 0 unspecified atom stereocenters. The summed E-state index contributed by atoms with van der Waals surface area (Å²) in [7, 11) is 1.24. The predicted octanol–water partition coefficient (Wildman–Crippen LogP) is 2.39. The number of phenols is 1. The number of esters is 1. The summed E-state index contributed by atoms with van der Waals surface area (Å²) in [4.78, 5) is 36.5. The van der Waals surface area contributed by atoms with E-state index < -0.39 is 41.8 Å². The van der Waals surface area contributed by atoms with Crippen LogP contribution in [0.15, 0.2) is 54.6 Å². The maximum Gasteiger partial charge on any atom is 0.328 e. The zero-order valence-electron chi connectivity index (χ0n) is 19.2. The van der Waals surface area contributed by atoms with Gasteiger partial charge in [0.25, 0.3) is 0 Å². The van der Waals surface area contributed by atoms with E-state index in [9.17, 15) is 24.6 Å². The highest BCUT2D eigenvalue weighted by atomic mass is 16.5. The lowest BCUT2D eigenvalue weighted by molar-refractivity contribution is -0.145. The van der Waals surface area contributed by atoms with Crippen molar-refractivity contribution in [3.63, 3.8) is 0 Å². The van der Waals surface area contributed by atoms with Crippen molar-refractivity contribution >= 4 is 17.8 Å². The molecule has 2 aromatic rings. The molecule has 0 aromatic heterocycles. The molecule has 2 rings (SSSR count). The number of aromatic hydroxyl groups is 1. The van der Waals surface area contributed by atoms with Crippen LogP contribution < -0.4 is 10.6 Å². The molecule has 0 aliphatic rings. The average molecular weight is 457 g/mol. The Bertz CT molecular complexity index is 945. The molecular formula is C25H32N2O6. The molecule has 1 amide bonds. The Morgan fingerprint density at radius 3 is 2.24 bits per heavy atom. The van der Waals surface area contributed by atoms with Gasteiger partial charge in [-0.05, 0) is 35.6 Å². The quantitative estimate of drug-likeness (QED) is 0.362. The number of nitrogens with one attached hydrogen (secondary N) is 2. The second kappa shape index (κ2) is 12.0. The number of carbonyl (C=O) groups is 3. The van der Waals surface area contributed by atoms with Crippen LogP contribution in [0.1, 0.15) is 37.8 Å². The zero-order valence-corrected chi connectivity index (χ0v) is 19.2. The maximum absolute atomic E-state index is 12.9. The van der Waals surface area contributed by atoms with Gasteiger partial charge in [-0.15, -0.1) is 0 Å². The number of carboxylic acids is 1. The summed E-state index contributed by atoms with van der Waals surface area (Å²) in [6, 6.07) is 14.2. The van der Waals surface area contributed by atoms with E-state index >= 15 is 0 Å². The first-order valence-corrected chi connectivity index (χ1v) is 10.8. The van der Waals surface area contributed by atoms with E-state index in [0.29, 0.717) is 13.0 Å². The fourth-order valence-electron chi connectivity index (χ4n) is 3.63. The molecule has 2 atom stereocenters. The SMILES string of the molecule is COC(=O)[C@H](Cc1ccccc1)NC(=O)[C@H](CC(=O)O)NCCC(C)(C)c1ccccc1O. The van der Waals surface area contributed by atoms with Gasteiger partial charge in [0.15, 0.2) is 0 Å². The van der Waals surface area contributed by atoms with Crippen LogP contribution in [0.25, 0.3) is 0 Å². The van der Waals surface area contributed by atoms with Crippen molar-refractivity contribution in [2.75, 3.05) is 13.7 Å². The number of para-hydroxylation sites is 1. The molecule has 0 aliphatic carbocycles. The topological polar surface area (TPSA) is 125 Å². The minimum atomic E-state index is -1.14. The van der Waals surface area contributed by atoms with Crippen LogP contribution in [0.3, 0.4) is 0 Å². The van der Waals surface area contributed by atoms with Crippen LogP contribution in [-0.4, -0.2) is 53.8 Å². The summed E-state index contributed by atoms with van der Waals surface area (Å²) in [6.07, 6.45) is 0.319. The van der Waals surface area contributed by atoms with Gasteiger partial charge in [-0.2, -0.15) is 0 Å². The van der Waals surface area contributed by atoms with Gasteiger partial charge in [-0.1, -0.05) is 62.4 Å². The first-order valence-electron chi connectivity index (χ1n) is 10.8. The molecule has 0 saturated carbocycles. The van der Waals surface area contributed by atoms with Crippen molar-refractivity contribution in [3.05, 3.63) is 65.7 Å². The van der Waals surface area contributed by atoms with Crippen molar-refractivity contribution in [1.82, 2.24) is 10.6 Å². The molecule has 0 spiro atoms. The highest BCUT2D eigenvalue weighted by Crippen LogP contribution is 2.33. The summed E-state index contributed by atoms with van der Waals surface area (Å²) >= 11 is 0. The first kappa shape index (κ1) is 25.9. The number of phenolic OH excluding ortho intramolecular Hbond substituents is 1. The first-order chi connectivity index (χ1) is 15.6. The van der Waals surface area contributed by atoms with Gasteiger partial charge in [0.1, 0.15) is 11.8 Å². The van der Waals surface area contributed by atoms with E-state index in [1.54, 1.807) is 12.1 Å². The molecule has 8 nitrogen and oxygen atoms in total. The highest BCUT2D eigenvalue weighted by molar-refractivity contribution is 5.90. The van der Waals surface area contributed by atoms with Gasteiger partial charge in [0, 0.05) is 6.42 Å². The molecule has 0 radical (unpaired) electrons. The van der Waals surface area contributed by atoms with Crippen LogP contribution >= 0.6 is 0 Å². The lowest BCUT2D eigenvalue weighted by Gasteiger charge is -2.27. The lowest BCUT2D eigenvalue weighted by atomic mass is 9.81. The molecule has 8 heteroatoms. The Morgan fingerprint density at radius 1 is 1.00 bits per heavy atom. The normalized spacial score (nSPS) is 13.1. The van der Waals surface area contributed by atoms with Crippen LogP contribution in [0, 0.1) is 0 Å². The van der Waals surface area contributed by atoms with Crippen molar-refractivity contribution in [2.24, 2.45) is 0 Å². The van der Waals surface area contributed by atoms with E-state index in [0.717, 1.165) is 11.1 Å². The van der Waals surface area contributed by atoms with Gasteiger partial charge < -0.3 is 25.6 Å².